The van der Waals surface area contributed by atoms with Crippen LogP contribution >= 0.6 is 0 Å². The number of carboxylic acid groups (broad SMARTS) is 1. The van der Waals surface area contributed by atoms with E-state index in [0.717, 1.165) is 12.8 Å². The molecule has 0 saturated heterocycles. The molecule has 2 nitrogen and oxygen atoms in total. The quantitative estimate of drug-likeness (QED) is 0.627. The summed E-state index contributed by atoms with van der Waals surface area (Å²) in [5.74, 6) is -0.941. The Morgan fingerprint density at radius 3 is 2.09 bits per heavy atom. The van der Waals surface area contributed by atoms with Gasteiger partial charge in [0.25, 0.3) is 0 Å². The standard InChI is InChI=1S/C8H16O2.CH4/c1-8(2,3)6-4-5-7(9)10;/h4-6H2,1-3H3,(H,9,10);1H4/p-1. The summed E-state index contributed by atoms with van der Waals surface area (Å²) >= 11 is 0. The number of rotatable bonds is 3. The van der Waals surface area contributed by atoms with Crippen LogP contribution in [0.5, 0.6) is 0 Å². The average Bonchev–Trinajstić information content (AvgIpc) is 1.59. The number of carboxylic acids is 1. The van der Waals surface area contributed by atoms with Gasteiger partial charge < -0.3 is 9.90 Å². The van der Waals surface area contributed by atoms with Gasteiger partial charge in [-0.2, -0.15) is 0 Å². The zero-order valence-electron chi connectivity index (χ0n) is 6.94. The monoisotopic (exact) mass is 159 g/mol. The van der Waals surface area contributed by atoms with Crippen molar-refractivity contribution in [2.24, 2.45) is 5.41 Å². The minimum Gasteiger partial charge on any atom is -0.550 e. The zero-order valence-corrected chi connectivity index (χ0v) is 6.94. The molecular formula is C9H19O2-. The van der Waals surface area contributed by atoms with Crippen LogP contribution in [0.4, 0.5) is 0 Å². The molecule has 0 heterocycles. The van der Waals surface area contributed by atoms with Crippen LogP contribution < -0.4 is 5.11 Å². The van der Waals surface area contributed by atoms with Gasteiger partial charge in [-0.3, -0.25) is 0 Å². The van der Waals surface area contributed by atoms with E-state index < -0.39 is 5.97 Å². The second kappa shape index (κ2) is 5.16. The highest BCUT2D eigenvalue weighted by Gasteiger charge is 2.08. The van der Waals surface area contributed by atoms with Crippen molar-refractivity contribution in [2.75, 3.05) is 0 Å². The topological polar surface area (TPSA) is 40.1 Å². The van der Waals surface area contributed by atoms with Crippen LogP contribution in [0.2, 0.25) is 0 Å². The van der Waals surface area contributed by atoms with E-state index in [1.54, 1.807) is 0 Å². The summed E-state index contributed by atoms with van der Waals surface area (Å²) in [6, 6.07) is 0. The summed E-state index contributed by atoms with van der Waals surface area (Å²) in [5, 5.41) is 9.97. The number of aliphatic carboxylic acids is 1. The van der Waals surface area contributed by atoms with Crippen molar-refractivity contribution in [2.45, 2.75) is 47.5 Å². The summed E-state index contributed by atoms with van der Waals surface area (Å²) in [6.07, 6.45) is 1.87. The number of carbonyl (C=O) groups excluding carboxylic acids is 1. The lowest BCUT2D eigenvalue weighted by atomic mass is 9.90. The van der Waals surface area contributed by atoms with Gasteiger partial charge in [-0.05, 0) is 24.7 Å². The Morgan fingerprint density at radius 2 is 1.82 bits per heavy atom. The predicted octanol–water partition coefficient (Wildman–Crippen LogP) is 1.59. The minimum absolute atomic E-state index is 0. The highest BCUT2D eigenvalue weighted by molar-refractivity contribution is 5.64. The van der Waals surface area contributed by atoms with E-state index in [2.05, 4.69) is 20.8 Å². The first-order chi connectivity index (χ1) is 4.42. The summed E-state index contributed by atoms with van der Waals surface area (Å²) < 4.78 is 0. The molecule has 0 aliphatic carbocycles. The molecule has 0 aromatic rings. The fourth-order valence-electron chi connectivity index (χ4n) is 0.763. The largest absolute Gasteiger partial charge is 0.550 e. The van der Waals surface area contributed by atoms with E-state index in [4.69, 9.17) is 0 Å². The number of hydrogen-bond acceptors (Lipinski definition) is 2. The number of carbonyl (C=O) groups is 1. The van der Waals surface area contributed by atoms with Crippen LogP contribution in [0.25, 0.3) is 0 Å². The van der Waals surface area contributed by atoms with E-state index in [0.29, 0.717) is 0 Å². The fourth-order valence-corrected chi connectivity index (χ4v) is 0.763. The molecule has 0 saturated carbocycles. The Hall–Kier alpha value is -0.530. The Morgan fingerprint density at radius 1 is 1.36 bits per heavy atom. The second-order valence-corrected chi connectivity index (χ2v) is 3.79. The van der Waals surface area contributed by atoms with Crippen LogP contribution in [-0.4, -0.2) is 5.97 Å². The lowest BCUT2D eigenvalue weighted by Crippen LogP contribution is -2.22. The van der Waals surface area contributed by atoms with Crippen LogP contribution in [-0.2, 0) is 4.79 Å². The molecule has 0 aromatic carbocycles. The molecule has 0 N–H and O–H groups in total. The normalized spacial score (nSPS) is 10.5. The van der Waals surface area contributed by atoms with E-state index >= 15 is 0 Å². The van der Waals surface area contributed by atoms with E-state index in [1.165, 1.54) is 0 Å². The van der Waals surface area contributed by atoms with Gasteiger partial charge in [0, 0.05) is 5.97 Å². The lowest BCUT2D eigenvalue weighted by molar-refractivity contribution is -0.305. The van der Waals surface area contributed by atoms with Crippen molar-refractivity contribution in [3.63, 3.8) is 0 Å². The summed E-state index contributed by atoms with van der Waals surface area (Å²) in [4.78, 5) is 9.97. The van der Waals surface area contributed by atoms with Gasteiger partial charge in [0.05, 0.1) is 0 Å². The Labute approximate surface area is 69.6 Å². The molecule has 0 unspecified atom stereocenters. The van der Waals surface area contributed by atoms with Gasteiger partial charge in [-0.15, -0.1) is 0 Å². The van der Waals surface area contributed by atoms with E-state index in [9.17, 15) is 9.90 Å². The van der Waals surface area contributed by atoms with Gasteiger partial charge in [-0.1, -0.05) is 28.2 Å². The van der Waals surface area contributed by atoms with Crippen LogP contribution in [0, 0.1) is 5.41 Å². The highest BCUT2D eigenvalue weighted by Crippen LogP contribution is 2.20. The lowest BCUT2D eigenvalue weighted by Gasteiger charge is -2.17. The first-order valence-electron chi connectivity index (χ1n) is 3.62. The molecule has 2 heteroatoms. The molecule has 0 atom stereocenters. The second-order valence-electron chi connectivity index (χ2n) is 3.79. The molecule has 0 bridgehead atoms. The molecule has 0 aromatic heterocycles. The summed E-state index contributed by atoms with van der Waals surface area (Å²) in [7, 11) is 0. The van der Waals surface area contributed by atoms with Crippen molar-refractivity contribution in [1.82, 2.24) is 0 Å². The Kier molecular flexibility index (Phi) is 6.14. The van der Waals surface area contributed by atoms with Gasteiger partial charge in [0.2, 0.25) is 0 Å². The minimum atomic E-state index is -0.941. The first-order valence-corrected chi connectivity index (χ1v) is 3.62. The van der Waals surface area contributed by atoms with Crippen molar-refractivity contribution in [3.05, 3.63) is 0 Å². The van der Waals surface area contributed by atoms with Crippen molar-refractivity contribution in [3.8, 4) is 0 Å². The van der Waals surface area contributed by atoms with Crippen LogP contribution in [0.3, 0.4) is 0 Å². The predicted molar refractivity (Wildman–Crippen MR) is 45.0 cm³/mol. The van der Waals surface area contributed by atoms with Crippen molar-refractivity contribution >= 4 is 5.97 Å². The molecule has 0 spiro atoms. The Bertz CT molecular complexity index is 111. The third kappa shape index (κ3) is 12.6. The van der Waals surface area contributed by atoms with Gasteiger partial charge >= 0.3 is 0 Å². The number of hydrogen-bond donors (Lipinski definition) is 0. The third-order valence-corrected chi connectivity index (χ3v) is 1.31. The smallest absolute Gasteiger partial charge is 0.0414 e. The van der Waals surface area contributed by atoms with Crippen molar-refractivity contribution < 1.29 is 9.90 Å². The highest BCUT2D eigenvalue weighted by atomic mass is 16.4. The molecule has 0 aliphatic heterocycles. The first kappa shape index (κ1) is 13.1. The molecule has 11 heavy (non-hydrogen) atoms. The van der Waals surface area contributed by atoms with Crippen LogP contribution in [0.1, 0.15) is 47.5 Å². The molecular weight excluding hydrogens is 140 g/mol. The Balaban J connectivity index is 0. The molecule has 68 valence electrons. The molecule has 0 radical (unpaired) electrons. The SMILES string of the molecule is C.CC(C)(C)CCCC(=O)[O-]. The molecule has 0 fully saturated rings. The van der Waals surface area contributed by atoms with Crippen LogP contribution in [0.15, 0.2) is 0 Å². The molecule has 0 aliphatic rings. The van der Waals surface area contributed by atoms with Crippen molar-refractivity contribution in [1.29, 1.82) is 0 Å². The maximum atomic E-state index is 9.97. The molecule has 0 rings (SSSR count). The fraction of sp³-hybridized carbons (Fsp3) is 0.889. The van der Waals surface area contributed by atoms with Gasteiger partial charge in [0.15, 0.2) is 0 Å². The van der Waals surface area contributed by atoms with E-state index in [1.807, 2.05) is 0 Å². The summed E-state index contributed by atoms with van der Waals surface area (Å²) in [5.41, 5.74) is 0.245. The van der Waals surface area contributed by atoms with Gasteiger partial charge in [0.1, 0.15) is 0 Å². The summed E-state index contributed by atoms with van der Waals surface area (Å²) in [6.45, 7) is 6.30. The van der Waals surface area contributed by atoms with Gasteiger partial charge in [-0.25, -0.2) is 0 Å². The maximum absolute atomic E-state index is 9.97. The zero-order chi connectivity index (χ0) is 8.20. The molecule has 0 amide bonds. The third-order valence-electron chi connectivity index (χ3n) is 1.31. The maximum Gasteiger partial charge on any atom is 0.0414 e. The average molecular weight is 159 g/mol. The van der Waals surface area contributed by atoms with E-state index in [-0.39, 0.29) is 19.3 Å².